The Bertz CT molecular complexity index is 1450. The van der Waals surface area contributed by atoms with Gasteiger partial charge in [0.25, 0.3) is 5.56 Å². The number of carbonyl (C=O) groups is 2. The highest BCUT2D eigenvalue weighted by atomic mass is 32.2. The van der Waals surface area contributed by atoms with Crippen molar-refractivity contribution in [3.63, 3.8) is 0 Å². The molecule has 0 aliphatic carbocycles. The van der Waals surface area contributed by atoms with Gasteiger partial charge >= 0.3 is 0 Å². The molecule has 2 heterocycles. The van der Waals surface area contributed by atoms with Gasteiger partial charge in [0.1, 0.15) is 6.54 Å². The van der Waals surface area contributed by atoms with E-state index in [1.165, 1.54) is 16.7 Å². The fraction of sp³-hybridized carbons (Fsp3) is 0.154. The van der Waals surface area contributed by atoms with E-state index in [-0.39, 0.29) is 35.7 Å². The number of benzene rings is 3. The van der Waals surface area contributed by atoms with Gasteiger partial charge in [-0.1, -0.05) is 66.4 Å². The highest BCUT2D eigenvalue weighted by molar-refractivity contribution is 7.99. The first-order valence-corrected chi connectivity index (χ1v) is 11.9. The Balaban J connectivity index is 1.50. The van der Waals surface area contributed by atoms with Crippen LogP contribution in [0.25, 0.3) is 10.9 Å². The Hall–Kier alpha value is -3.91. The number of nitrogens with zero attached hydrogens (tertiary/aromatic N) is 3. The molecule has 1 atom stereocenters. The summed E-state index contributed by atoms with van der Waals surface area (Å²) < 4.78 is 1.65. The minimum Gasteiger partial charge on any atom is -0.323 e. The molecule has 170 valence electrons. The van der Waals surface area contributed by atoms with Gasteiger partial charge in [0.05, 0.1) is 34.1 Å². The Morgan fingerprint density at radius 1 is 1.00 bits per heavy atom. The number of rotatable bonds is 5. The summed E-state index contributed by atoms with van der Waals surface area (Å²) in [4.78, 5) is 45.0. The van der Waals surface area contributed by atoms with Gasteiger partial charge in [-0.25, -0.2) is 4.98 Å². The molecule has 2 amide bonds. The highest BCUT2D eigenvalue weighted by Gasteiger charge is 2.27. The van der Waals surface area contributed by atoms with Crippen LogP contribution in [0.5, 0.6) is 0 Å². The quantitative estimate of drug-likeness (QED) is 0.351. The van der Waals surface area contributed by atoms with Crippen LogP contribution in [0.15, 0.2) is 88.8 Å². The lowest BCUT2D eigenvalue weighted by atomic mass is 10.1. The van der Waals surface area contributed by atoms with Gasteiger partial charge < -0.3 is 10.2 Å². The number of fused-ring (bicyclic) bond motifs is 2. The lowest BCUT2D eigenvalue weighted by Gasteiger charge is -2.29. The van der Waals surface area contributed by atoms with E-state index in [9.17, 15) is 14.4 Å². The molecular formula is C26H22N4O3S. The predicted molar refractivity (Wildman–Crippen MR) is 134 cm³/mol. The van der Waals surface area contributed by atoms with E-state index < -0.39 is 0 Å². The third-order valence-corrected chi connectivity index (χ3v) is 6.78. The van der Waals surface area contributed by atoms with E-state index in [4.69, 9.17) is 4.98 Å². The standard InChI is InChI=1S/C26H22N4O3S/c1-17(18-9-3-2-4-10-18)30-25(33)19-11-5-6-12-20(19)28-26(30)34-16-24(32)29-15-23(31)27-21-13-7-8-14-22(21)29/h2-14,17H,15-16H2,1H3,(H,27,31)/t17-/m0/s1. The minimum atomic E-state index is -0.273. The molecule has 0 spiro atoms. The Morgan fingerprint density at radius 3 is 2.53 bits per heavy atom. The molecule has 1 aromatic heterocycles. The second-order valence-electron chi connectivity index (χ2n) is 8.01. The van der Waals surface area contributed by atoms with Gasteiger partial charge in [-0.15, -0.1) is 0 Å². The molecule has 0 bridgehead atoms. The molecule has 0 saturated carbocycles. The number of hydrogen-bond donors (Lipinski definition) is 1. The fourth-order valence-corrected chi connectivity index (χ4v) is 5.06. The van der Waals surface area contributed by atoms with Crippen LogP contribution in [0, 0.1) is 0 Å². The number of nitrogens with one attached hydrogen (secondary N) is 1. The summed E-state index contributed by atoms with van der Waals surface area (Å²) in [6.45, 7) is 1.90. The topological polar surface area (TPSA) is 84.3 Å². The average Bonchev–Trinajstić information content (AvgIpc) is 2.87. The molecule has 0 unspecified atom stereocenters. The summed E-state index contributed by atoms with van der Waals surface area (Å²) in [5, 5.41) is 3.78. The van der Waals surface area contributed by atoms with Crippen LogP contribution in [0.2, 0.25) is 0 Å². The minimum absolute atomic E-state index is 0.0356. The number of aromatic nitrogens is 2. The van der Waals surface area contributed by atoms with Crippen LogP contribution < -0.4 is 15.8 Å². The van der Waals surface area contributed by atoms with Crippen LogP contribution in [-0.4, -0.2) is 33.7 Å². The van der Waals surface area contributed by atoms with Crippen molar-refractivity contribution in [2.24, 2.45) is 0 Å². The highest BCUT2D eigenvalue weighted by Crippen LogP contribution is 2.30. The van der Waals surface area contributed by atoms with Crippen LogP contribution >= 0.6 is 11.8 Å². The van der Waals surface area contributed by atoms with Crippen molar-refractivity contribution in [3.05, 3.63) is 94.8 Å². The maximum absolute atomic E-state index is 13.5. The molecule has 3 aromatic carbocycles. The average molecular weight is 471 g/mol. The van der Waals surface area contributed by atoms with Crippen molar-refractivity contribution in [1.82, 2.24) is 9.55 Å². The third kappa shape index (κ3) is 4.08. The largest absolute Gasteiger partial charge is 0.323 e. The van der Waals surface area contributed by atoms with Crippen molar-refractivity contribution in [3.8, 4) is 0 Å². The number of para-hydroxylation sites is 3. The number of amides is 2. The Morgan fingerprint density at radius 2 is 1.71 bits per heavy atom. The maximum Gasteiger partial charge on any atom is 0.262 e. The van der Waals surface area contributed by atoms with Gasteiger partial charge in [-0.3, -0.25) is 19.0 Å². The van der Waals surface area contributed by atoms with E-state index in [1.807, 2.05) is 61.5 Å². The van der Waals surface area contributed by atoms with E-state index in [0.717, 1.165) is 5.56 Å². The summed E-state index contributed by atoms with van der Waals surface area (Å²) in [6, 6.07) is 23.9. The van der Waals surface area contributed by atoms with E-state index in [1.54, 1.807) is 28.8 Å². The predicted octanol–water partition coefficient (Wildman–Crippen LogP) is 4.08. The SMILES string of the molecule is C[C@@H](c1ccccc1)n1c(SCC(=O)N2CC(=O)Nc3ccccc32)nc2ccccc2c1=O. The van der Waals surface area contributed by atoms with Crippen molar-refractivity contribution in [1.29, 1.82) is 0 Å². The molecule has 4 aromatic rings. The normalized spacial score (nSPS) is 13.9. The molecule has 34 heavy (non-hydrogen) atoms. The fourth-order valence-electron chi connectivity index (χ4n) is 4.11. The summed E-state index contributed by atoms with van der Waals surface area (Å²) >= 11 is 1.21. The third-order valence-electron chi connectivity index (χ3n) is 5.84. The zero-order valence-electron chi connectivity index (χ0n) is 18.5. The zero-order valence-corrected chi connectivity index (χ0v) is 19.3. The van der Waals surface area contributed by atoms with Gasteiger partial charge in [0.15, 0.2) is 5.16 Å². The van der Waals surface area contributed by atoms with Crippen LogP contribution in [-0.2, 0) is 9.59 Å². The van der Waals surface area contributed by atoms with Crippen molar-refractivity contribution < 1.29 is 9.59 Å². The summed E-state index contributed by atoms with van der Waals surface area (Å²) in [5.41, 5.74) is 2.67. The van der Waals surface area contributed by atoms with Gasteiger partial charge in [0.2, 0.25) is 11.8 Å². The van der Waals surface area contributed by atoms with E-state index in [2.05, 4.69) is 5.32 Å². The van der Waals surface area contributed by atoms with Gasteiger partial charge in [-0.2, -0.15) is 0 Å². The Kier molecular flexibility index (Phi) is 5.90. The van der Waals surface area contributed by atoms with E-state index in [0.29, 0.717) is 27.4 Å². The first-order valence-electron chi connectivity index (χ1n) is 10.9. The van der Waals surface area contributed by atoms with Crippen molar-refractivity contribution >= 4 is 45.9 Å². The van der Waals surface area contributed by atoms with Crippen LogP contribution in [0.1, 0.15) is 18.5 Å². The molecule has 1 N–H and O–H groups in total. The molecule has 8 heteroatoms. The van der Waals surface area contributed by atoms with Crippen molar-refractivity contribution in [2.45, 2.75) is 18.1 Å². The molecule has 7 nitrogen and oxygen atoms in total. The van der Waals surface area contributed by atoms with Crippen molar-refractivity contribution in [2.75, 3.05) is 22.5 Å². The molecule has 1 aliphatic rings. The molecule has 0 fully saturated rings. The summed E-state index contributed by atoms with van der Waals surface area (Å²) in [6.07, 6.45) is 0. The molecule has 5 rings (SSSR count). The summed E-state index contributed by atoms with van der Waals surface area (Å²) in [5.74, 6) is -0.433. The monoisotopic (exact) mass is 470 g/mol. The van der Waals surface area contributed by atoms with Crippen LogP contribution in [0.3, 0.4) is 0 Å². The zero-order chi connectivity index (χ0) is 23.7. The first-order chi connectivity index (χ1) is 16.5. The number of anilines is 2. The lowest BCUT2D eigenvalue weighted by molar-refractivity contribution is -0.120. The van der Waals surface area contributed by atoms with Crippen LogP contribution in [0.4, 0.5) is 11.4 Å². The first kappa shape index (κ1) is 21.9. The number of hydrogen-bond acceptors (Lipinski definition) is 5. The molecule has 0 saturated heterocycles. The maximum atomic E-state index is 13.5. The second kappa shape index (κ2) is 9.15. The molecule has 0 radical (unpaired) electrons. The molecule has 1 aliphatic heterocycles. The second-order valence-corrected chi connectivity index (χ2v) is 8.95. The van der Waals surface area contributed by atoms with E-state index >= 15 is 0 Å². The Labute approximate surface area is 200 Å². The van der Waals surface area contributed by atoms with Gasteiger partial charge in [-0.05, 0) is 36.8 Å². The summed E-state index contributed by atoms with van der Waals surface area (Å²) in [7, 11) is 0. The lowest BCUT2D eigenvalue weighted by Crippen LogP contribution is -2.43. The number of thioether (sulfide) groups is 1. The smallest absolute Gasteiger partial charge is 0.262 e. The van der Waals surface area contributed by atoms with Gasteiger partial charge in [0, 0.05) is 0 Å². The molecular weight excluding hydrogens is 448 g/mol. The number of carbonyl (C=O) groups excluding carboxylic acids is 2.